The van der Waals surface area contributed by atoms with Crippen molar-refractivity contribution in [2.75, 3.05) is 0 Å². The topological polar surface area (TPSA) is 0 Å². The van der Waals surface area contributed by atoms with E-state index in [4.69, 9.17) is 0 Å². The van der Waals surface area contributed by atoms with E-state index in [0.29, 0.717) is 0 Å². The van der Waals surface area contributed by atoms with Gasteiger partial charge in [0.1, 0.15) is 0 Å². The van der Waals surface area contributed by atoms with Crippen LogP contribution < -0.4 is 0 Å². The van der Waals surface area contributed by atoms with Crippen molar-refractivity contribution in [1.82, 2.24) is 0 Å². The summed E-state index contributed by atoms with van der Waals surface area (Å²) in [4.78, 5) is 0. The van der Waals surface area contributed by atoms with E-state index in [0.717, 1.165) is 0 Å². The van der Waals surface area contributed by atoms with Crippen molar-refractivity contribution in [3.8, 4) is 0 Å². The van der Waals surface area contributed by atoms with Crippen molar-refractivity contribution in [2.45, 2.75) is 0 Å². The van der Waals surface area contributed by atoms with Crippen LogP contribution >= 0.6 is 0 Å². The maximum absolute atomic E-state index is 2.89. The normalized spacial score (nSPS) is 6.86. The summed E-state index contributed by atoms with van der Waals surface area (Å²) < 4.78 is 0. The van der Waals surface area contributed by atoms with Crippen LogP contribution in [0.15, 0.2) is 30.3 Å². The second kappa shape index (κ2) is 4.63. The maximum atomic E-state index is 2.89. The molecule has 1 aromatic carbocycles. The zero-order valence-corrected chi connectivity index (χ0v) is 3.39. The van der Waals surface area contributed by atoms with Gasteiger partial charge in [0.25, 0.3) is 0 Å². The number of hydrogen-bond acceptors (Lipinski definition) is 0. The van der Waals surface area contributed by atoms with Crippen LogP contribution in [0.2, 0.25) is 0 Å². The minimum Gasteiger partial charge on any atom is -0.0622 e. The second-order valence-electron chi connectivity index (χ2n) is 1.08. The molecule has 1 radical (unpaired) electrons. The molecule has 0 fully saturated rings. The average molecular weight is 119 g/mol. The molecule has 1 aromatic rings. The van der Waals surface area contributed by atoms with Crippen LogP contribution in [0.5, 0.6) is 0 Å². The first kappa shape index (κ1) is 7.48. The van der Waals surface area contributed by atoms with Crippen LogP contribution in [0.4, 0.5) is 0 Å². The number of benzene rings is 1. The molecule has 0 aromatic heterocycles. The van der Waals surface area contributed by atoms with Crippen molar-refractivity contribution in [3.05, 3.63) is 36.4 Å². The van der Waals surface area contributed by atoms with Crippen LogP contribution in [0, 0.1) is 6.07 Å². The zero-order chi connectivity index (χ0) is 4.24. The van der Waals surface area contributed by atoms with Gasteiger partial charge in [0, 0.05) is 0 Å². The van der Waals surface area contributed by atoms with E-state index in [2.05, 4.69) is 6.07 Å². The van der Waals surface area contributed by atoms with Gasteiger partial charge >= 0.3 is 37.7 Å². The summed E-state index contributed by atoms with van der Waals surface area (Å²) in [5.74, 6) is 0. The summed E-state index contributed by atoms with van der Waals surface area (Å²) in [7, 11) is 0. The van der Waals surface area contributed by atoms with Crippen LogP contribution in [0.3, 0.4) is 0 Å². The van der Waals surface area contributed by atoms with Crippen LogP contribution in [0.25, 0.3) is 0 Å². The third-order valence-electron chi connectivity index (χ3n) is 0.607. The van der Waals surface area contributed by atoms with E-state index in [1.807, 2.05) is 30.3 Å². The largest absolute Gasteiger partial charge is 0.0622 e. The smallest absolute Gasteiger partial charge is 0.0184 e. The minimum atomic E-state index is 0. The van der Waals surface area contributed by atoms with Crippen molar-refractivity contribution in [1.29, 1.82) is 0 Å². The summed E-state index contributed by atoms with van der Waals surface area (Å²) in [5, 5.41) is 0. The Labute approximate surface area is 73.5 Å². The van der Waals surface area contributed by atoms with Gasteiger partial charge in [0.05, 0.1) is 0 Å². The molecule has 7 heavy (non-hydrogen) atoms. The Balaban J connectivity index is 0.000000360. The minimum absolute atomic E-state index is 0. The predicted molar refractivity (Wildman–Crippen MR) is 33.8 cm³/mol. The van der Waals surface area contributed by atoms with Crippen molar-refractivity contribution in [2.24, 2.45) is 0 Å². The van der Waals surface area contributed by atoms with Crippen molar-refractivity contribution < 1.29 is 0 Å². The molecule has 0 spiro atoms. The predicted octanol–water partition coefficient (Wildman–Crippen LogP) is 0.571. The summed E-state index contributed by atoms with van der Waals surface area (Å²) >= 11 is 0. The molecule has 0 saturated heterocycles. The average Bonchev–Trinajstić information content (AvgIpc) is 1.72. The van der Waals surface area contributed by atoms with Gasteiger partial charge in [-0.15, -0.1) is 0 Å². The Bertz CT molecular complexity index is 76.1. The van der Waals surface area contributed by atoms with Crippen molar-refractivity contribution in [3.63, 3.8) is 0 Å². The molecule has 0 aliphatic heterocycles. The number of rotatable bonds is 0. The molecular formula is C6H7Ca. The second-order valence-corrected chi connectivity index (χ2v) is 1.08. The van der Waals surface area contributed by atoms with E-state index < -0.39 is 0 Å². The molecule has 0 unspecified atom stereocenters. The SMILES string of the molecule is [CaH2].[c]1ccccc1. The number of hydrogen-bond donors (Lipinski definition) is 0. The first-order valence-corrected chi connectivity index (χ1v) is 1.91. The molecule has 0 saturated carbocycles. The van der Waals surface area contributed by atoms with Gasteiger partial charge in [0.15, 0.2) is 0 Å². The molecule has 0 bridgehead atoms. The van der Waals surface area contributed by atoms with Gasteiger partial charge in [-0.2, -0.15) is 0 Å². The fraction of sp³-hybridized carbons (Fsp3) is 0. The first-order valence-electron chi connectivity index (χ1n) is 1.91. The summed E-state index contributed by atoms with van der Waals surface area (Å²) in [6, 6.07) is 12.5. The van der Waals surface area contributed by atoms with E-state index in [1.54, 1.807) is 0 Å². The molecule has 0 amide bonds. The molecular weight excluding hydrogens is 112 g/mol. The van der Waals surface area contributed by atoms with E-state index >= 15 is 0 Å². The maximum Gasteiger partial charge on any atom is -0.0184 e. The Morgan fingerprint density at radius 1 is 0.857 bits per heavy atom. The molecule has 0 atom stereocenters. The Kier molecular flexibility index (Phi) is 4.95. The monoisotopic (exact) mass is 119 g/mol. The van der Waals surface area contributed by atoms with Crippen LogP contribution in [-0.4, -0.2) is 37.7 Å². The zero-order valence-electron chi connectivity index (χ0n) is 3.39. The Morgan fingerprint density at radius 3 is 1.57 bits per heavy atom. The molecule has 0 aliphatic carbocycles. The molecule has 0 aliphatic rings. The van der Waals surface area contributed by atoms with Crippen LogP contribution in [-0.2, 0) is 0 Å². The Morgan fingerprint density at radius 2 is 1.43 bits per heavy atom. The Hall–Kier alpha value is 0.480. The van der Waals surface area contributed by atoms with Gasteiger partial charge in [-0.05, 0) is 6.07 Å². The van der Waals surface area contributed by atoms with Crippen molar-refractivity contribution >= 4 is 37.7 Å². The fourth-order valence-electron chi connectivity index (χ4n) is 0.342. The standard InChI is InChI=1S/C6H5.Ca.2H/c1-2-4-6-5-3-1;;;/h1-5H;;;. The van der Waals surface area contributed by atoms with Gasteiger partial charge in [-0.1, -0.05) is 30.3 Å². The molecule has 0 nitrogen and oxygen atoms in total. The van der Waals surface area contributed by atoms with Gasteiger partial charge in [-0.25, -0.2) is 0 Å². The molecule has 1 heteroatoms. The summed E-state index contributed by atoms with van der Waals surface area (Å²) in [6.07, 6.45) is 0. The molecule has 0 heterocycles. The van der Waals surface area contributed by atoms with Gasteiger partial charge < -0.3 is 0 Å². The van der Waals surface area contributed by atoms with E-state index in [1.165, 1.54) is 0 Å². The van der Waals surface area contributed by atoms with Gasteiger partial charge in [0.2, 0.25) is 0 Å². The summed E-state index contributed by atoms with van der Waals surface area (Å²) in [5.41, 5.74) is 0. The summed E-state index contributed by atoms with van der Waals surface area (Å²) in [6.45, 7) is 0. The molecule has 0 N–H and O–H groups in total. The van der Waals surface area contributed by atoms with E-state index in [-0.39, 0.29) is 37.7 Å². The quantitative estimate of drug-likeness (QED) is 0.438. The fourth-order valence-corrected chi connectivity index (χ4v) is 0.342. The molecule has 33 valence electrons. The third kappa shape index (κ3) is 3.10. The first-order chi connectivity index (χ1) is 3.00. The van der Waals surface area contributed by atoms with Gasteiger partial charge in [-0.3, -0.25) is 0 Å². The van der Waals surface area contributed by atoms with E-state index in [9.17, 15) is 0 Å². The van der Waals surface area contributed by atoms with Crippen LogP contribution in [0.1, 0.15) is 0 Å². The molecule has 1 rings (SSSR count). The third-order valence-corrected chi connectivity index (χ3v) is 0.607.